The van der Waals surface area contributed by atoms with E-state index < -0.39 is 4.92 Å². The van der Waals surface area contributed by atoms with E-state index in [-0.39, 0.29) is 11.6 Å². The standard InChI is InChI=1S/C14H19N3O3/c1-2-15-14(18)11-5-6-13(17(19)20)12(9-11)16-8-7-10-3-4-10/h5-6,9-10,16H,2-4,7-8H2,1H3,(H,15,18). The van der Waals surface area contributed by atoms with Crippen LogP contribution in [0.25, 0.3) is 0 Å². The Bertz CT molecular complexity index is 512. The molecule has 1 aliphatic carbocycles. The van der Waals surface area contributed by atoms with Crippen LogP contribution in [0.4, 0.5) is 11.4 Å². The summed E-state index contributed by atoms with van der Waals surface area (Å²) >= 11 is 0. The molecule has 20 heavy (non-hydrogen) atoms. The molecule has 0 aromatic heterocycles. The number of nitrogens with zero attached hydrogens (tertiary/aromatic N) is 1. The molecule has 0 saturated heterocycles. The Morgan fingerprint density at radius 1 is 1.45 bits per heavy atom. The number of rotatable bonds is 7. The van der Waals surface area contributed by atoms with E-state index in [1.165, 1.54) is 25.0 Å². The Labute approximate surface area is 117 Å². The molecule has 1 aromatic carbocycles. The molecule has 0 spiro atoms. The van der Waals surface area contributed by atoms with E-state index in [1.54, 1.807) is 6.07 Å². The highest BCUT2D eigenvalue weighted by Crippen LogP contribution is 2.33. The van der Waals surface area contributed by atoms with Crippen LogP contribution in [-0.4, -0.2) is 23.9 Å². The number of nitrogens with one attached hydrogen (secondary N) is 2. The van der Waals surface area contributed by atoms with Crippen molar-refractivity contribution in [2.75, 3.05) is 18.4 Å². The molecule has 1 aliphatic rings. The first-order valence-corrected chi connectivity index (χ1v) is 6.92. The molecule has 1 fully saturated rings. The molecule has 1 saturated carbocycles. The normalized spacial score (nSPS) is 13.8. The van der Waals surface area contributed by atoms with Crippen molar-refractivity contribution < 1.29 is 9.72 Å². The van der Waals surface area contributed by atoms with Crippen molar-refractivity contribution in [1.29, 1.82) is 0 Å². The van der Waals surface area contributed by atoms with Gasteiger partial charge in [-0.15, -0.1) is 0 Å². The summed E-state index contributed by atoms with van der Waals surface area (Å²) in [7, 11) is 0. The fourth-order valence-corrected chi connectivity index (χ4v) is 2.06. The van der Waals surface area contributed by atoms with E-state index in [0.29, 0.717) is 24.3 Å². The van der Waals surface area contributed by atoms with Crippen molar-refractivity contribution in [2.24, 2.45) is 5.92 Å². The fraction of sp³-hybridized carbons (Fsp3) is 0.500. The molecule has 2 N–H and O–H groups in total. The summed E-state index contributed by atoms with van der Waals surface area (Å²) in [5, 5.41) is 16.8. The topological polar surface area (TPSA) is 84.3 Å². The van der Waals surface area contributed by atoms with Gasteiger partial charge in [0.1, 0.15) is 5.69 Å². The van der Waals surface area contributed by atoms with Crippen LogP contribution in [0.2, 0.25) is 0 Å². The van der Waals surface area contributed by atoms with Crippen molar-refractivity contribution in [2.45, 2.75) is 26.2 Å². The van der Waals surface area contributed by atoms with Crippen LogP contribution >= 0.6 is 0 Å². The maximum atomic E-state index is 11.8. The first kappa shape index (κ1) is 14.3. The third kappa shape index (κ3) is 3.69. The third-order valence-electron chi connectivity index (χ3n) is 3.36. The zero-order chi connectivity index (χ0) is 14.5. The second kappa shape index (κ2) is 6.36. The lowest BCUT2D eigenvalue weighted by atomic mass is 10.1. The van der Waals surface area contributed by atoms with E-state index in [4.69, 9.17) is 0 Å². The van der Waals surface area contributed by atoms with Gasteiger partial charge in [-0.2, -0.15) is 0 Å². The summed E-state index contributed by atoms with van der Waals surface area (Å²) in [6.45, 7) is 3.06. The predicted molar refractivity (Wildman–Crippen MR) is 76.9 cm³/mol. The smallest absolute Gasteiger partial charge is 0.292 e. The highest BCUT2D eigenvalue weighted by molar-refractivity contribution is 5.95. The SMILES string of the molecule is CCNC(=O)c1ccc([N+](=O)[O-])c(NCCC2CC2)c1. The third-order valence-corrected chi connectivity index (χ3v) is 3.36. The molecule has 0 aliphatic heterocycles. The highest BCUT2D eigenvalue weighted by Gasteiger charge is 2.21. The average molecular weight is 277 g/mol. The van der Waals surface area contributed by atoms with Crippen LogP contribution < -0.4 is 10.6 Å². The van der Waals surface area contributed by atoms with E-state index in [1.807, 2.05) is 6.92 Å². The molecule has 0 radical (unpaired) electrons. The first-order valence-electron chi connectivity index (χ1n) is 6.92. The Hall–Kier alpha value is -2.11. The van der Waals surface area contributed by atoms with Crippen molar-refractivity contribution >= 4 is 17.3 Å². The molecule has 1 amide bonds. The van der Waals surface area contributed by atoms with Gasteiger partial charge >= 0.3 is 0 Å². The lowest BCUT2D eigenvalue weighted by molar-refractivity contribution is -0.384. The molecule has 0 atom stereocenters. The van der Waals surface area contributed by atoms with Crippen LogP contribution in [0.1, 0.15) is 36.5 Å². The van der Waals surface area contributed by atoms with E-state index in [2.05, 4.69) is 10.6 Å². The number of hydrogen-bond acceptors (Lipinski definition) is 4. The van der Waals surface area contributed by atoms with Gasteiger partial charge in [-0.3, -0.25) is 14.9 Å². The molecule has 0 bridgehead atoms. The minimum absolute atomic E-state index is 0.00819. The Morgan fingerprint density at radius 2 is 2.20 bits per heavy atom. The lowest BCUT2D eigenvalue weighted by Crippen LogP contribution is -2.22. The lowest BCUT2D eigenvalue weighted by Gasteiger charge is -2.09. The van der Waals surface area contributed by atoms with Crippen molar-refractivity contribution in [3.8, 4) is 0 Å². The molecular weight excluding hydrogens is 258 g/mol. The number of carbonyl (C=O) groups is 1. The Kier molecular flexibility index (Phi) is 4.55. The first-order chi connectivity index (χ1) is 9.61. The van der Waals surface area contributed by atoms with E-state index >= 15 is 0 Å². The number of nitro benzene ring substituents is 1. The second-order valence-electron chi connectivity index (χ2n) is 5.01. The summed E-state index contributed by atoms with van der Waals surface area (Å²) in [4.78, 5) is 22.3. The molecule has 0 heterocycles. The van der Waals surface area contributed by atoms with Crippen LogP contribution in [0.5, 0.6) is 0 Å². The van der Waals surface area contributed by atoms with Gasteiger partial charge in [-0.25, -0.2) is 0 Å². The number of hydrogen-bond donors (Lipinski definition) is 2. The quantitative estimate of drug-likeness (QED) is 0.592. The fourth-order valence-electron chi connectivity index (χ4n) is 2.06. The predicted octanol–water partition coefficient (Wildman–Crippen LogP) is 2.56. The minimum atomic E-state index is -0.430. The minimum Gasteiger partial charge on any atom is -0.379 e. The zero-order valence-corrected chi connectivity index (χ0v) is 11.5. The number of benzene rings is 1. The maximum absolute atomic E-state index is 11.8. The molecule has 1 aromatic rings. The zero-order valence-electron chi connectivity index (χ0n) is 11.5. The summed E-state index contributed by atoms with van der Waals surface area (Å²) in [5.41, 5.74) is 0.861. The van der Waals surface area contributed by atoms with Gasteiger partial charge in [0, 0.05) is 24.7 Å². The second-order valence-corrected chi connectivity index (χ2v) is 5.01. The van der Waals surface area contributed by atoms with Crippen molar-refractivity contribution in [1.82, 2.24) is 5.32 Å². The van der Waals surface area contributed by atoms with Gasteiger partial charge < -0.3 is 10.6 Å². The number of carbonyl (C=O) groups excluding carboxylic acids is 1. The molecule has 6 heteroatoms. The van der Waals surface area contributed by atoms with Gasteiger partial charge in [0.15, 0.2) is 0 Å². The average Bonchev–Trinajstić information content (AvgIpc) is 3.23. The molecule has 108 valence electrons. The highest BCUT2D eigenvalue weighted by atomic mass is 16.6. The van der Waals surface area contributed by atoms with E-state index in [9.17, 15) is 14.9 Å². The van der Waals surface area contributed by atoms with Gasteiger partial charge in [-0.1, -0.05) is 12.8 Å². The van der Waals surface area contributed by atoms with Gasteiger partial charge in [-0.05, 0) is 31.4 Å². The van der Waals surface area contributed by atoms with Gasteiger partial charge in [0.25, 0.3) is 11.6 Å². The monoisotopic (exact) mass is 277 g/mol. The number of amides is 1. The Balaban J connectivity index is 2.12. The Morgan fingerprint density at radius 3 is 2.80 bits per heavy atom. The van der Waals surface area contributed by atoms with Crippen molar-refractivity contribution in [3.63, 3.8) is 0 Å². The summed E-state index contributed by atoms with van der Waals surface area (Å²) in [5.74, 6) is 0.542. The summed E-state index contributed by atoms with van der Waals surface area (Å²) < 4.78 is 0. The van der Waals surface area contributed by atoms with Crippen LogP contribution in [0.3, 0.4) is 0 Å². The molecule has 2 rings (SSSR count). The van der Waals surface area contributed by atoms with Gasteiger partial charge in [0.2, 0.25) is 0 Å². The van der Waals surface area contributed by atoms with Crippen LogP contribution in [-0.2, 0) is 0 Å². The summed E-state index contributed by atoms with van der Waals surface area (Å²) in [6.07, 6.45) is 3.52. The number of anilines is 1. The largest absolute Gasteiger partial charge is 0.379 e. The van der Waals surface area contributed by atoms with E-state index in [0.717, 1.165) is 12.3 Å². The van der Waals surface area contributed by atoms with Crippen LogP contribution in [0.15, 0.2) is 18.2 Å². The van der Waals surface area contributed by atoms with Crippen molar-refractivity contribution in [3.05, 3.63) is 33.9 Å². The van der Waals surface area contributed by atoms with Gasteiger partial charge in [0.05, 0.1) is 4.92 Å². The maximum Gasteiger partial charge on any atom is 0.292 e. The number of nitro groups is 1. The molecule has 0 unspecified atom stereocenters. The molecule has 6 nitrogen and oxygen atoms in total. The summed E-state index contributed by atoms with van der Waals surface area (Å²) in [6, 6.07) is 4.41. The molecular formula is C14H19N3O3. The van der Waals surface area contributed by atoms with Crippen LogP contribution in [0, 0.1) is 16.0 Å².